The third kappa shape index (κ3) is 3.00. The Labute approximate surface area is 108 Å². The average molecular weight is 249 g/mol. The van der Waals surface area contributed by atoms with Gasteiger partial charge in [-0.1, -0.05) is 12.1 Å². The molecule has 1 atom stereocenters. The molecule has 3 nitrogen and oxygen atoms in total. The smallest absolute Gasteiger partial charge is 0.193 e. The number of guanidine groups is 1. The molecule has 1 unspecified atom stereocenters. The summed E-state index contributed by atoms with van der Waals surface area (Å²) in [5, 5.41) is 3.11. The SMILES string of the molecule is CN=C(NC)N1CCC(Cc2ccc(F)cc2)C1. The van der Waals surface area contributed by atoms with Crippen LogP contribution in [-0.2, 0) is 6.42 Å². The van der Waals surface area contributed by atoms with Crippen LogP contribution < -0.4 is 5.32 Å². The molecule has 0 saturated carbocycles. The fraction of sp³-hybridized carbons (Fsp3) is 0.500. The van der Waals surface area contributed by atoms with Crippen molar-refractivity contribution in [2.24, 2.45) is 10.9 Å². The van der Waals surface area contributed by atoms with E-state index in [0.29, 0.717) is 5.92 Å². The monoisotopic (exact) mass is 249 g/mol. The van der Waals surface area contributed by atoms with Crippen molar-refractivity contribution in [3.8, 4) is 0 Å². The number of aliphatic imine (C=N–C) groups is 1. The normalized spacial score (nSPS) is 20.3. The second-order valence-electron chi connectivity index (χ2n) is 4.73. The van der Waals surface area contributed by atoms with Crippen LogP contribution in [0, 0.1) is 11.7 Å². The number of nitrogens with zero attached hydrogens (tertiary/aromatic N) is 2. The Hall–Kier alpha value is -1.58. The van der Waals surface area contributed by atoms with Crippen molar-refractivity contribution in [2.45, 2.75) is 12.8 Å². The first kappa shape index (κ1) is 12.9. The van der Waals surface area contributed by atoms with Gasteiger partial charge in [0.05, 0.1) is 0 Å². The molecule has 1 aromatic rings. The Morgan fingerprint density at radius 3 is 2.78 bits per heavy atom. The topological polar surface area (TPSA) is 27.6 Å². The highest BCUT2D eigenvalue weighted by Crippen LogP contribution is 2.21. The van der Waals surface area contributed by atoms with E-state index in [4.69, 9.17) is 0 Å². The van der Waals surface area contributed by atoms with Gasteiger partial charge in [0.2, 0.25) is 0 Å². The number of nitrogens with one attached hydrogen (secondary N) is 1. The fourth-order valence-corrected chi connectivity index (χ4v) is 2.56. The van der Waals surface area contributed by atoms with E-state index >= 15 is 0 Å². The second kappa shape index (κ2) is 5.85. The summed E-state index contributed by atoms with van der Waals surface area (Å²) >= 11 is 0. The minimum absolute atomic E-state index is 0.164. The van der Waals surface area contributed by atoms with E-state index in [9.17, 15) is 4.39 Å². The van der Waals surface area contributed by atoms with E-state index in [1.54, 1.807) is 7.05 Å². The molecular weight excluding hydrogens is 229 g/mol. The molecule has 18 heavy (non-hydrogen) atoms. The van der Waals surface area contributed by atoms with E-state index in [2.05, 4.69) is 15.2 Å². The van der Waals surface area contributed by atoms with Crippen molar-refractivity contribution in [3.05, 3.63) is 35.6 Å². The van der Waals surface area contributed by atoms with Gasteiger partial charge in [-0.3, -0.25) is 4.99 Å². The van der Waals surface area contributed by atoms with Gasteiger partial charge in [-0.2, -0.15) is 0 Å². The molecule has 1 aliphatic heterocycles. The molecule has 0 radical (unpaired) electrons. The molecule has 1 heterocycles. The zero-order valence-corrected chi connectivity index (χ0v) is 11.0. The molecule has 0 amide bonds. The van der Waals surface area contributed by atoms with Crippen molar-refractivity contribution in [2.75, 3.05) is 27.2 Å². The van der Waals surface area contributed by atoms with Crippen molar-refractivity contribution in [1.82, 2.24) is 10.2 Å². The maximum absolute atomic E-state index is 12.8. The third-order valence-electron chi connectivity index (χ3n) is 3.46. The molecule has 1 aromatic carbocycles. The summed E-state index contributed by atoms with van der Waals surface area (Å²) in [6.45, 7) is 2.06. The lowest BCUT2D eigenvalue weighted by molar-refractivity contribution is 0.464. The zero-order chi connectivity index (χ0) is 13.0. The highest BCUT2D eigenvalue weighted by Gasteiger charge is 2.24. The van der Waals surface area contributed by atoms with E-state index < -0.39 is 0 Å². The summed E-state index contributed by atoms with van der Waals surface area (Å²) in [4.78, 5) is 6.50. The molecule has 1 saturated heterocycles. The van der Waals surface area contributed by atoms with E-state index in [1.165, 1.54) is 17.7 Å². The van der Waals surface area contributed by atoms with Crippen LogP contribution in [0.15, 0.2) is 29.3 Å². The van der Waals surface area contributed by atoms with Gasteiger partial charge in [-0.05, 0) is 36.5 Å². The Balaban J connectivity index is 1.91. The molecule has 0 aliphatic carbocycles. The number of hydrogen-bond acceptors (Lipinski definition) is 1. The van der Waals surface area contributed by atoms with Gasteiger partial charge in [0.15, 0.2) is 5.96 Å². The Morgan fingerprint density at radius 2 is 2.17 bits per heavy atom. The highest BCUT2D eigenvalue weighted by molar-refractivity contribution is 5.79. The largest absolute Gasteiger partial charge is 0.359 e. The predicted octanol–water partition coefficient (Wildman–Crippen LogP) is 1.90. The first-order valence-electron chi connectivity index (χ1n) is 6.37. The van der Waals surface area contributed by atoms with Crippen LogP contribution in [0.2, 0.25) is 0 Å². The lowest BCUT2D eigenvalue weighted by atomic mass is 9.99. The van der Waals surface area contributed by atoms with Crippen LogP contribution in [0.4, 0.5) is 4.39 Å². The lowest BCUT2D eigenvalue weighted by Gasteiger charge is -2.19. The molecule has 0 bridgehead atoms. The molecule has 4 heteroatoms. The first-order chi connectivity index (χ1) is 8.72. The highest BCUT2D eigenvalue weighted by atomic mass is 19.1. The predicted molar refractivity (Wildman–Crippen MR) is 72.2 cm³/mol. The molecule has 2 rings (SSSR count). The minimum Gasteiger partial charge on any atom is -0.359 e. The first-order valence-corrected chi connectivity index (χ1v) is 6.37. The van der Waals surface area contributed by atoms with Gasteiger partial charge in [0.1, 0.15) is 5.82 Å². The summed E-state index contributed by atoms with van der Waals surface area (Å²) in [6.07, 6.45) is 2.18. The third-order valence-corrected chi connectivity index (χ3v) is 3.46. The molecule has 1 N–H and O–H groups in total. The van der Waals surface area contributed by atoms with Gasteiger partial charge in [0.25, 0.3) is 0 Å². The molecule has 98 valence electrons. The summed E-state index contributed by atoms with van der Waals surface area (Å²) in [7, 11) is 3.70. The Kier molecular flexibility index (Phi) is 4.18. The zero-order valence-electron chi connectivity index (χ0n) is 11.0. The number of likely N-dealkylation sites (tertiary alicyclic amines) is 1. The minimum atomic E-state index is -0.164. The van der Waals surface area contributed by atoms with Gasteiger partial charge >= 0.3 is 0 Å². The van der Waals surface area contributed by atoms with Crippen LogP contribution in [0.3, 0.4) is 0 Å². The van der Waals surface area contributed by atoms with Crippen molar-refractivity contribution in [3.63, 3.8) is 0 Å². The Bertz CT molecular complexity index is 414. The number of hydrogen-bond donors (Lipinski definition) is 1. The number of benzene rings is 1. The molecule has 0 spiro atoms. The Morgan fingerprint density at radius 1 is 1.44 bits per heavy atom. The van der Waals surface area contributed by atoms with Crippen LogP contribution >= 0.6 is 0 Å². The summed E-state index contributed by atoms with van der Waals surface area (Å²) in [5.74, 6) is 1.42. The maximum Gasteiger partial charge on any atom is 0.193 e. The molecule has 1 aliphatic rings. The van der Waals surface area contributed by atoms with Gasteiger partial charge < -0.3 is 10.2 Å². The van der Waals surface area contributed by atoms with Crippen molar-refractivity contribution >= 4 is 5.96 Å². The van der Waals surface area contributed by atoms with Crippen LogP contribution in [0.5, 0.6) is 0 Å². The number of halogens is 1. The van der Waals surface area contributed by atoms with E-state index in [0.717, 1.165) is 31.9 Å². The summed E-state index contributed by atoms with van der Waals surface area (Å²) in [6, 6.07) is 6.83. The summed E-state index contributed by atoms with van der Waals surface area (Å²) < 4.78 is 12.8. The molecule has 0 aromatic heterocycles. The maximum atomic E-state index is 12.8. The quantitative estimate of drug-likeness (QED) is 0.640. The van der Waals surface area contributed by atoms with Crippen LogP contribution in [-0.4, -0.2) is 38.0 Å². The van der Waals surface area contributed by atoms with Crippen molar-refractivity contribution in [1.29, 1.82) is 0 Å². The fourth-order valence-electron chi connectivity index (χ4n) is 2.56. The van der Waals surface area contributed by atoms with Crippen LogP contribution in [0.1, 0.15) is 12.0 Å². The van der Waals surface area contributed by atoms with Gasteiger partial charge in [0, 0.05) is 27.2 Å². The summed E-state index contributed by atoms with van der Waals surface area (Å²) in [5.41, 5.74) is 1.21. The molecular formula is C14H20FN3. The van der Waals surface area contributed by atoms with Crippen molar-refractivity contribution < 1.29 is 4.39 Å². The van der Waals surface area contributed by atoms with E-state index in [1.807, 2.05) is 19.2 Å². The van der Waals surface area contributed by atoms with Gasteiger partial charge in [-0.25, -0.2) is 4.39 Å². The number of rotatable bonds is 2. The lowest BCUT2D eigenvalue weighted by Crippen LogP contribution is -2.38. The average Bonchev–Trinajstić information content (AvgIpc) is 2.82. The van der Waals surface area contributed by atoms with Crippen LogP contribution in [0.25, 0.3) is 0 Å². The van der Waals surface area contributed by atoms with E-state index in [-0.39, 0.29) is 5.82 Å². The second-order valence-corrected chi connectivity index (χ2v) is 4.73. The molecule has 1 fully saturated rings. The van der Waals surface area contributed by atoms with Gasteiger partial charge in [-0.15, -0.1) is 0 Å². The standard InChI is InChI=1S/C14H20FN3/c1-16-14(17-2)18-8-7-12(10-18)9-11-3-5-13(15)6-4-11/h3-6,12H,7-10H2,1-2H3,(H,16,17).